The second-order valence-corrected chi connectivity index (χ2v) is 11.9. The largest absolute Gasteiger partial charge is 0.427 e. The molecular weight excluding hydrogens is 511 g/mol. The maximum atomic E-state index is 13.0. The number of fused-ring (bicyclic) bond motifs is 1. The lowest BCUT2D eigenvalue weighted by Crippen LogP contribution is -2.67. The normalized spacial score (nSPS) is 27.8. The van der Waals surface area contributed by atoms with Gasteiger partial charge >= 0.3 is 5.97 Å². The zero-order valence-electron chi connectivity index (χ0n) is 21.1. The SMILES string of the molecule is CC(=O)Oc1cccc([C@@]23CCN(CC4CC4)C[C@@]2(O)CC[C@@H](NC(=O)Cc2ccc(Cl)c(Cl)c2)C3)c1. The van der Waals surface area contributed by atoms with Gasteiger partial charge in [0.05, 0.1) is 22.1 Å². The monoisotopic (exact) mass is 544 g/mol. The van der Waals surface area contributed by atoms with Crippen LogP contribution in [0.3, 0.4) is 0 Å². The van der Waals surface area contributed by atoms with Gasteiger partial charge in [-0.1, -0.05) is 41.4 Å². The first kappa shape index (κ1) is 26.5. The van der Waals surface area contributed by atoms with Crippen LogP contribution < -0.4 is 10.1 Å². The minimum atomic E-state index is -0.931. The van der Waals surface area contributed by atoms with E-state index in [0.29, 0.717) is 41.6 Å². The van der Waals surface area contributed by atoms with E-state index in [4.69, 9.17) is 27.9 Å². The standard InChI is InChI=1S/C29H34Cl2N2O4/c1-19(34)37-24-4-2-3-22(15-24)28-11-12-33(17-20-5-6-20)18-29(28,36)10-9-23(16-28)32-27(35)14-21-7-8-25(30)26(31)13-21/h2-4,7-8,13,15,20,23,36H,5-6,9-12,14,16-18H2,1H3,(H,32,35)/t23-,28+,29+/m1/s1. The highest BCUT2D eigenvalue weighted by Crippen LogP contribution is 2.52. The summed E-state index contributed by atoms with van der Waals surface area (Å²) in [6.45, 7) is 3.93. The molecular formula is C29H34Cl2N2O4. The number of β-amino-alcohol motifs (C(OH)–C–C–N with tert-alkyl or cyclic N) is 1. The molecule has 2 aromatic carbocycles. The van der Waals surface area contributed by atoms with Crippen molar-refractivity contribution >= 4 is 35.1 Å². The van der Waals surface area contributed by atoms with Gasteiger partial charge in [-0.15, -0.1) is 0 Å². The highest BCUT2D eigenvalue weighted by molar-refractivity contribution is 6.42. The minimum absolute atomic E-state index is 0.0798. The van der Waals surface area contributed by atoms with Crippen molar-refractivity contribution in [1.82, 2.24) is 10.2 Å². The van der Waals surface area contributed by atoms with E-state index < -0.39 is 11.0 Å². The highest BCUT2D eigenvalue weighted by Gasteiger charge is 2.58. The van der Waals surface area contributed by atoms with Gasteiger partial charge in [-0.3, -0.25) is 9.59 Å². The molecule has 0 unspecified atom stereocenters. The van der Waals surface area contributed by atoms with Crippen molar-refractivity contribution in [2.45, 2.75) is 68.9 Å². The number of nitrogens with zero attached hydrogens (tertiary/aromatic N) is 1. The Hall–Kier alpha value is -2.12. The Labute approximate surface area is 228 Å². The molecule has 8 heteroatoms. The summed E-state index contributed by atoms with van der Waals surface area (Å²) in [6.07, 6.45) is 5.45. The van der Waals surface area contributed by atoms with Crippen molar-refractivity contribution in [3.8, 4) is 5.75 Å². The summed E-state index contributed by atoms with van der Waals surface area (Å²) >= 11 is 12.1. The second-order valence-electron chi connectivity index (χ2n) is 11.1. The molecule has 2 saturated carbocycles. The Balaban J connectivity index is 1.38. The summed E-state index contributed by atoms with van der Waals surface area (Å²) in [4.78, 5) is 27.0. The quantitative estimate of drug-likeness (QED) is 0.382. The fraction of sp³-hybridized carbons (Fsp3) is 0.517. The summed E-state index contributed by atoms with van der Waals surface area (Å²) in [5, 5.41) is 16.3. The molecule has 3 atom stereocenters. The number of esters is 1. The Morgan fingerprint density at radius 1 is 1.11 bits per heavy atom. The van der Waals surface area contributed by atoms with Crippen molar-refractivity contribution in [1.29, 1.82) is 0 Å². The van der Waals surface area contributed by atoms with E-state index in [-0.39, 0.29) is 24.3 Å². The summed E-state index contributed by atoms with van der Waals surface area (Å²) in [6, 6.07) is 12.7. The van der Waals surface area contributed by atoms with Crippen molar-refractivity contribution in [2.75, 3.05) is 19.6 Å². The lowest BCUT2D eigenvalue weighted by molar-refractivity contribution is -0.134. The molecule has 0 aromatic heterocycles. The van der Waals surface area contributed by atoms with Gasteiger partial charge in [0.25, 0.3) is 0 Å². The zero-order valence-corrected chi connectivity index (χ0v) is 22.7. The average molecular weight is 546 g/mol. The number of benzene rings is 2. The van der Waals surface area contributed by atoms with E-state index in [9.17, 15) is 14.7 Å². The molecule has 2 N–H and O–H groups in total. The molecule has 0 radical (unpaired) electrons. The zero-order chi connectivity index (χ0) is 26.2. The predicted octanol–water partition coefficient (Wildman–Crippen LogP) is 4.91. The molecule has 6 nitrogen and oxygen atoms in total. The van der Waals surface area contributed by atoms with Gasteiger partial charge in [0.2, 0.25) is 5.91 Å². The van der Waals surface area contributed by atoms with Crippen LogP contribution in [-0.4, -0.2) is 53.2 Å². The number of likely N-dealkylation sites (tertiary alicyclic amines) is 1. The number of halogens is 2. The number of rotatable bonds is 7. The maximum Gasteiger partial charge on any atom is 0.308 e. The number of amides is 1. The second kappa shape index (κ2) is 10.6. The molecule has 5 rings (SSSR count). The van der Waals surface area contributed by atoms with Gasteiger partial charge < -0.3 is 20.1 Å². The van der Waals surface area contributed by atoms with Crippen molar-refractivity contribution in [3.63, 3.8) is 0 Å². The number of hydrogen-bond acceptors (Lipinski definition) is 5. The van der Waals surface area contributed by atoms with Crippen LogP contribution in [-0.2, 0) is 21.4 Å². The molecule has 1 aliphatic heterocycles. The molecule has 0 spiro atoms. The number of carbonyl (C=O) groups excluding carboxylic acids is 2. The first-order valence-corrected chi connectivity index (χ1v) is 13.9. The van der Waals surface area contributed by atoms with Crippen LogP contribution in [0.2, 0.25) is 10.0 Å². The van der Waals surface area contributed by atoms with Crippen LogP contribution in [0.15, 0.2) is 42.5 Å². The van der Waals surface area contributed by atoms with Crippen LogP contribution >= 0.6 is 23.2 Å². The van der Waals surface area contributed by atoms with Gasteiger partial charge in [-0.25, -0.2) is 0 Å². The van der Waals surface area contributed by atoms with Crippen LogP contribution in [0.4, 0.5) is 0 Å². The fourth-order valence-corrected chi connectivity index (χ4v) is 6.66. The van der Waals surface area contributed by atoms with Crippen LogP contribution in [0.25, 0.3) is 0 Å². The third kappa shape index (κ3) is 5.83. The summed E-state index contributed by atoms with van der Waals surface area (Å²) < 4.78 is 5.39. The smallest absolute Gasteiger partial charge is 0.308 e. The van der Waals surface area contributed by atoms with Gasteiger partial charge in [-0.05, 0) is 86.4 Å². The Morgan fingerprint density at radius 2 is 1.92 bits per heavy atom. The highest BCUT2D eigenvalue weighted by atomic mass is 35.5. The fourth-order valence-electron chi connectivity index (χ4n) is 6.34. The van der Waals surface area contributed by atoms with Crippen LogP contribution in [0.1, 0.15) is 56.6 Å². The third-order valence-corrected chi connectivity index (χ3v) is 9.05. The lowest BCUT2D eigenvalue weighted by Gasteiger charge is -2.58. The van der Waals surface area contributed by atoms with E-state index >= 15 is 0 Å². The molecule has 0 bridgehead atoms. The first-order valence-electron chi connectivity index (χ1n) is 13.1. The molecule has 1 saturated heterocycles. The minimum Gasteiger partial charge on any atom is -0.427 e. The number of carbonyl (C=O) groups is 2. The van der Waals surface area contributed by atoms with Crippen LogP contribution in [0, 0.1) is 5.92 Å². The molecule has 2 aliphatic carbocycles. The van der Waals surface area contributed by atoms with Crippen molar-refractivity contribution in [2.24, 2.45) is 5.92 Å². The Kier molecular flexibility index (Phi) is 7.56. The van der Waals surface area contributed by atoms with E-state index in [1.807, 2.05) is 24.3 Å². The van der Waals surface area contributed by atoms with Crippen molar-refractivity contribution in [3.05, 3.63) is 63.6 Å². The van der Waals surface area contributed by atoms with E-state index in [1.54, 1.807) is 18.2 Å². The van der Waals surface area contributed by atoms with Gasteiger partial charge in [0.1, 0.15) is 5.75 Å². The average Bonchev–Trinajstić information content (AvgIpc) is 3.65. The molecule has 3 aliphatic rings. The Bertz CT molecular complexity index is 1190. The van der Waals surface area contributed by atoms with Gasteiger partial charge in [0, 0.05) is 31.5 Å². The molecule has 1 amide bonds. The number of aliphatic hydroxyl groups is 1. The van der Waals surface area contributed by atoms with E-state index in [2.05, 4.69) is 10.2 Å². The van der Waals surface area contributed by atoms with E-state index in [0.717, 1.165) is 36.6 Å². The number of hydrogen-bond donors (Lipinski definition) is 2. The molecule has 3 fully saturated rings. The van der Waals surface area contributed by atoms with Crippen molar-refractivity contribution < 1.29 is 19.4 Å². The van der Waals surface area contributed by atoms with Gasteiger partial charge in [0.15, 0.2) is 0 Å². The third-order valence-electron chi connectivity index (χ3n) is 8.31. The predicted molar refractivity (Wildman–Crippen MR) is 144 cm³/mol. The molecule has 37 heavy (non-hydrogen) atoms. The number of ether oxygens (including phenoxy) is 1. The number of nitrogens with one attached hydrogen (secondary N) is 1. The summed E-state index contributed by atoms with van der Waals surface area (Å²) in [7, 11) is 0. The molecule has 2 aromatic rings. The van der Waals surface area contributed by atoms with E-state index in [1.165, 1.54) is 19.8 Å². The van der Waals surface area contributed by atoms with Gasteiger partial charge in [-0.2, -0.15) is 0 Å². The first-order chi connectivity index (χ1) is 17.7. The number of piperidine rings is 1. The summed E-state index contributed by atoms with van der Waals surface area (Å²) in [5.41, 5.74) is 0.280. The van der Waals surface area contributed by atoms with Crippen LogP contribution in [0.5, 0.6) is 5.75 Å². The maximum absolute atomic E-state index is 13.0. The topological polar surface area (TPSA) is 78.9 Å². The molecule has 198 valence electrons. The molecule has 1 heterocycles. The summed E-state index contributed by atoms with van der Waals surface area (Å²) in [5.74, 6) is 0.775. The lowest BCUT2D eigenvalue weighted by atomic mass is 9.55. The Morgan fingerprint density at radius 3 is 2.65 bits per heavy atom.